The molecule has 1 amide bonds. The third kappa shape index (κ3) is 4.04. The highest BCUT2D eigenvalue weighted by atomic mass is 16.2. The summed E-state index contributed by atoms with van der Waals surface area (Å²) in [7, 11) is 0. The molecule has 184 valence electrons. The molecule has 37 heavy (non-hydrogen) atoms. The Labute approximate surface area is 214 Å². The van der Waals surface area contributed by atoms with Gasteiger partial charge in [0.1, 0.15) is 12.0 Å². The number of benzene rings is 1. The summed E-state index contributed by atoms with van der Waals surface area (Å²) in [6, 6.07) is 15.8. The summed E-state index contributed by atoms with van der Waals surface area (Å²) in [5.74, 6) is -0.0147. The molecule has 0 saturated carbocycles. The van der Waals surface area contributed by atoms with Crippen molar-refractivity contribution in [2.24, 2.45) is 0 Å². The predicted octanol–water partition coefficient (Wildman–Crippen LogP) is 3.53. The number of fused-ring (bicyclic) bond motifs is 1. The molecule has 2 saturated heterocycles. The van der Waals surface area contributed by atoms with Gasteiger partial charge in [0.05, 0.1) is 35.4 Å². The topological polar surface area (TPSA) is 118 Å². The van der Waals surface area contributed by atoms with Gasteiger partial charge in [-0.3, -0.25) is 9.69 Å². The van der Waals surface area contributed by atoms with Crippen LogP contribution in [0.4, 0.5) is 0 Å². The number of nitrogens with zero attached hydrogens (tertiary/aromatic N) is 7. The number of aromatic amines is 1. The van der Waals surface area contributed by atoms with Gasteiger partial charge in [-0.15, -0.1) is 0 Å². The first-order chi connectivity index (χ1) is 18.1. The van der Waals surface area contributed by atoms with E-state index in [-0.39, 0.29) is 11.4 Å². The van der Waals surface area contributed by atoms with E-state index in [2.05, 4.69) is 55.0 Å². The molecule has 3 aromatic heterocycles. The Bertz CT molecular complexity index is 1540. The van der Waals surface area contributed by atoms with Gasteiger partial charge in [-0.1, -0.05) is 6.07 Å². The zero-order valence-electron chi connectivity index (χ0n) is 20.3. The van der Waals surface area contributed by atoms with Crippen molar-refractivity contribution >= 4 is 16.9 Å². The van der Waals surface area contributed by atoms with Crippen LogP contribution in [0, 0.1) is 22.7 Å². The highest BCUT2D eigenvalue weighted by molar-refractivity contribution is 5.94. The lowest BCUT2D eigenvalue weighted by Crippen LogP contribution is -2.66. The highest BCUT2D eigenvalue weighted by Gasteiger charge is 2.47. The van der Waals surface area contributed by atoms with Crippen LogP contribution in [0.5, 0.6) is 0 Å². The van der Waals surface area contributed by atoms with Crippen molar-refractivity contribution in [3.8, 4) is 23.4 Å². The molecule has 0 aliphatic carbocycles. The first-order valence-corrected chi connectivity index (χ1v) is 12.5. The Hall–Kier alpha value is -4.47. The average molecular weight is 491 g/mol. The maximum absolute atomic E-state index is 12.9. The largest absolute Gasteiger partial charge is 0.346 e. The predicted molar refractivity (Wildman–Crippen MR) is 137 cm³/mol. The number of hydrogen-bond donors (Lipinski definition) is 1. The number of carbonyl (C=O) groups excluding carboxylic acids is 1. The van der Waals surface area contributed by atoms with Gasteiger partial charge in [-0.25, -0.2) is 9.97 Å². The van der Waals surface area contributed by atoms with Gasteiger partial charge < -0.3 is 14.5 Å². The van der Waals surface area contributed by atoms with Crippen LogP contribution in [-0.4, -0.2) is 67.4 Å². The molecule has 2 aliphatic rings. The van der Waals surface area contributed by atoms with Crippen LogP contribution < -0.4 is 0 Å². The number of aromatic nitrogens is 4. The Kier molecular flexibility index (Phi) is 5.71. The molecule has 4 aromatic rings. The molecule has 0 bridgehead atoms. The van der Waals surface area contributed by atoms with Crippen LogP contribution in [0.25, 0.3) is 22.3 Å². The van der Waals surface area contributed by atoms with Gasteiger partial charge in [-0.2, -0.15) is 10.5 Å². The smallest absolute Gasteiger partial charge is 0.253 e. The number of likely N-dealkylation sites (tertiary alicyclic amines) is 2. The van der Waals surface area contributed by atoms with Crippen LogP contribution in [-0.2, 0) is 5.54 Å². The minimum absolute atomic E-state index is 0.0147. The van der Waals surface area contributed by atoms with E-state index in [1.165, 1.54) is 0 Å². The summed E-state index contributed by atoms with van der Waals surface area (Å²) in [4.78, 5) is 29.2. The van der Waals surface area contributed by atoms with Crippen LogP contribution in [0.2, 0.25) is 0 Å². The number of rotatable bonds is 5. The normalized spacial score (nSPS) is 17.7. The summed E-state index contributed by atoms with van der Waals surface area (Å²) in [6.07, 6.45) is 9.82. The van der Waals surface area contributed by atoms with E-state index >= 15 is 0 Å². The molecule has 2 aliphatic heterocycles. The minimum atomic E-state index is -0.262. The highest BCUT2D eigenvalue weighted by Crippen LogP contribution is 2.38. The van der Waals surface area contributed by atoms with Gasteiger partial charge in [0.25, 0.3) is 5.91 Å². The first kappa shape index (κ1) is 23.0. The molecule has 9 heteroatoms. The number of nitriles is 2. The van der Waals surface area contributed by atoms with E-state index in [1.807, 2.05) is 17.2 Å². The fourth-order valence-electron chi connectivity index (χ4n) is 5.75. The van der Waals surface area contributed by atoms with Crippen molar-refractivity contribution in [2.45, 2.75) is 30.8 Å². The van der Waals surface area contributed by atoms with Gasteiger partial charge in [0.2, 0.25) is 0 Å². The van der Waals surface area contributed by atoms with Gasteiger partial charge in [0.15, 0.2) is 0 Å². The zero-order valence-corrected chi connectivity index (χ0v) is 20.3. The van der Waals surface area contributed by atoms with E-state index < -0.39 is 0 Å². The fraction of sp³-hybridized carbons (Fsp3) is 0.321. The molecule has 2 fully saturated rings. The quantitative estimate of drug-likeness (QED) is 0.457. The van der Waals surface area contributed by atoms with E-state index in [1.54, 1.807) is 30.6 Å². The van der Waals surface area contributed by atoms with Crippen molar-refractivity contribution in [3.05, 3.63) is 72.4 Å². The van der Waals surface area contributed by atoms with Crippen LogP contribution >= 0.6 is 0 Å². The van der Waals surface area contributed by atoms with Gasteiger partial charge >= 0.3 is 0 Å². The molecule has 6 rings (SSSR count). The van der Waals surface area contributed by atoms with E-state index in [9.17, 15) is 10.1 Å². The van der Waals surface area contributed by atoms with Crippen molar-refractivity contribution in [3.63, 3.8) is 0 Å². The van der Waals surface area contributed by atoms with Crippen LogP contribution in [0.1, 0.15) is 35.2 Å². The molecule has 0 spiro atoms. The van der Waals surface area contributed by atoms with Crippen LogP contribution in [0.3, 0.4) is 0 Å². The average Bonchev–Trinajstić information content (AvgIpc) is 3.60. The number of piperidine rings is 1. The number of nitrogens with one attached hydrogen (secondary N) is 1. The van der Waals surface area contributed by atoms with Crippen LogP contribution in [0.15, 0.2) is 61.3 Å². The number of H-pyrrole nitrogens is 1. The standard InChI is InChI=1S/C28H26N8O/c29-9-8-28(36-13-5-22(16-36)25-24-4-10-31-26(24)33-19-32-25)17-35(18-28)23-6-11-34(12-7-23)27(37)21-3-1-2-20(14-21)15-30/h1-5,10,13-14,16,19,23H,6-8,11-12,17-18H2,(H,31,32,33). The number of carbonyl (C=O) groups is 1. The Morgan fingerprint density at radius 3 is 2.76 bits per heavy atom. The van der Waals surface area contributed by atoms with Crippen molar-refractivity contribution in [1.82, 2.24) is 29.3 Å². The lowest BCUT2D eigenvalue weighted by molar-refractivity contribution is -0.0348. The summed E-state index contributed by atoms with van der Waals surface area (Å²) in [6.45, 7) is 2.99. The molecule has 0 radical (unpaired) electrons. The van der Waals surface area contributed by atoms with Crippen molar-refractivity contribution < 1.29 is 4.79 Å². The second-order valence-corrected chi connectivity index (χ2v) is 9.95. The third-order valence-corrected chi connectivity index (χ3v) is 7.78. The molecular weight excluding hydrogens is 464 g/mol. The second-order valence-electron chi connectivity index (χ2n) is 9.95. The lowest BCUT2D eigenvalue weighted by Gasteiger charge is -2.54. The summed E-state index contributed by atoms with van der Waals surface area (Å²) in [5, 5.41) is 19.7. The second kappa shape index (κ2) is 9.20. The minimum Gasteiger partial charge on any atom is -0.346 e. The SMILES string of the molecule is N#CCC1(n2ccc(-c3ncnc4[nH]ccc34)c2)CN(C2CCN(C(=O)c3cccc(C#N)c3)CC2)C1. The van der Waals surface area contributed by atoms with E-state index in [4.69, 9.17) is 5.26 Å². The monoisotopic (exact) mass is 490 g/mol. The molecular formula is C28H26N8O. The van der Waals surface area contributed by atoms with Gasteiger partial charge in [0, 0.05) is 67.3 Å². The zero-order chi connectivity index (χ0) is 25.4. The first-order valence-electron chi connectivity index (χ1n) is 12.5. The Morgan fingerprint density at radius 2 is 1.97 bits per heavy atom. The molecule has 1 N–H and O–H groups in total. The Morgan fingerprint density at radius 1 is 1.14 bits per heavy atom. The molecule has 0 unspecified atom stereocenters. The molecule has 1 aromatic carbocycles. The number of amides is 1. The fourth-order valence-corrected chi connectivity index (χ4v) is 5.75. The van der Waals surface area contributed by atoms with E-state index in [0.717, 1.165) is 48.2 Å². The Balaban J connectivity index is 1.12. The van der Waals surface area contributed by atoms with Crippen molar-refractivity contribution in [1.29, 1.82) is 10.5 Å². The summed E-state index contributed by atoms with van der Waals surface area (Å²) < 4.78 is 2.18. The summed E-state index contributed by atoms with van der Waals surface area (Å²) >= 11 is 0. The van der Waals surface area contributed by atoms with Crippen molar-refractivity contribution in [2.75, 3.05) is 26.2 Å². The lowest BCUT2D eigenvalue weighted by atomic mass is 9.83. The van der Waals surface area contributed by atoms with E-state index in [0.29, 0.717) is 36.7 Å². The van der Waals surface area contributed by atoms with Gasteiger partial charge in [-0.05, 0) is 43.2 Å². The maximum Gasteiger partial charge on any atom is 0.253 e. The number of hydrogen-bond acceptors (Lipinski definition) is 6. The molecule has 9 nitrogen and oxygen atoms in total. The molecule has 0 atom stereocenters. The summed E-state index contributed by atoms with van der Waals surface area (Å²) in [5.41, 5.74) is 3.50. The third-order valence-electron chi connectivity index (χ3n) is 7.78. The maximum atomic E-state index is 12.9. The molecule has 5 heterocycles.